The molecule has 0 aliphatic carbocycles. The van der Waals surface area contributed by atoms with E-state index in [9.17, 15) is 13.2 Å². The smallest absolute Gasteiger partial charge is 0.250 e. The fourth-order valence-electron chi connectivity index (χ4n) is 3.75. The van der Waals surface area contributed by atoms with Crippen LogP contribution in [-0.4, -0.2) is 53.8 Å². The van der Waals surface area contributed by atoms with E-state index in [4.69, 9.17) is 15.6 Å². The van der Waals surface area contributed by atoms with E-state index in [1.165, 1.54) is 6.20 Å². The van der Waals surface area contributed by atoms with E-state index >= 15 is 0 Å². The molecule has 4 heterocycles. The molecule has 134 valence electrons. The van der Waals surface area contributed by atoms with E-state index in [0.29, 0.717) is 41.9 Å². The highest BCUT2D eigenvalue weighted by Gasteiger charge is 2.43. The summed E-state index contributed by atoms with van der Waals surface area (Å²) in [4.78, 5) is 15.9. The first-order chi connectivity index (χ1) is 11.8. The quantitative estimate of drug-likeness (QED) is 0.851. The summed E-state index contributed by atoms with van der Waals surface area (Å²) >= 11 is 0. The van der Waals surface area contributed by atoms with Crippen molar-refractivity contribution < 1.29 is 17.9 Å². The van der Waals surface area contributed by atoms with E-state index in [1.807, 2.05) is 11.6 Å². The second-order valence-electron chi connectivity index (χ2n) is 7.17. The SMILES string of the molecule is C[C@@]1(c2nn([C@@H]3CCOC3)c3cc(C(N)=O)cnc23)CCS(=O)(=O)C1. The largest absolute Gasteiger partial charge is 0.379 e. The highest BCUT2D eigenvalue weighted by atomic mass is 32.2. The predicted molar refractivity (Wildman–Crippen MR) is 91.1 cm³/mol. The lowest BCUT2D eigenvalue weighted by Gasteiger charge is -2.19. The van der Waals surface area contributed by atoms with Gasteiger partial charge in [0, 0.05) is 18.2 Å². The van der Waals surface area contributed by atoms with Crippen LogP contribution in [0.25, 0.3) is 11.0 Å². The van der Waals surface area contributed by atoms with E-state index in [1.54, 1.807) is 6.07 Å². The summed E-state index contributed by atoms with van der Waals surface area (Å²) in [6.07, 6.45) is 2.76. The molecule has 25 heavy (non-hydrogen) atoms. The molecular formula is C16H20N4O4S. The third-order valence-electron chi connectivity index (χ3n) is 5.16. The van der Waals surface area contributed by atoms with Crippen LogP contribution in [0.4, 0.5) is 0 Å². The van der Waals surface area contributed by atoms with Crippen LogP contribution < -0.4 is 5.73 Å². The van der Waals surface area contributed by atoms with Crippen LogP contribution in [0.5, 0.6) is 0 Å². The third-order valence-corrected chi connectivity index (χ3v) is 7.06. The highest BCUT2D eigenvalue weighted by Crippen LogP contribution is 2.39. The molecule has 2 aromatic heterocycles. The van der Waals surface area contributed by atoms with Crippen molar-refractivity contribution in [2.45, 2.75) is 31.2 Å². The number of amides is 1. The molecular weight excluding hydrogens is 344 g/mol. The lowest BCUT2D eigenvalue weighted by molar-refractivity contribution is 0.1000. The van der Waals surface area contributed by atoms with Crippen LogP contribution in [0, 0.1) is 0 Å². The first kappa shape index (κ1) is 16.5. The maximum atomic E-state index is 12.0. The van der Waals surface area contributed by atoms with Crippen LogP contribution in [0.1, 0.15) is 41.9 Å². The summed E-state index contributed by atoms with van der Waals surface area (Å²) in [5.74, 6) is -0.336. The average Bonchev–Trinajstić information content (AvgIpc) is 3.24. The Morgan fingerprint density at radius 1 is 1.48 bits per heavy atom. The number of hydrogen-bond acceptors (Lipinski definition) is 6. The van der Waals surface area contributed by atoms with Crippen LogP contribution in [0.3, 0.4) is 0 Å². The molecule has 1 amide bonds. The molecule has 2 aliphatic heterocycles. The van der Waals surface area contributed by atoms with Gasteiger partial charge in [0.25, 0.3) is 0 Å². The van der Waals surface area contributed by atoms with Crippen molar-refractivity contribution in [1.29, 1.82) is 0 Å². The Morgan fingerprint density at radius 2 is 2.28 bits per heavy atom. The molecule has 0 spiro atoms. The highest BCUT2D eigenvalue weighted by molar-refractivity contribution is 7.91. The number of sulfone groups is 1. The molecule has 0 unspecified atom stereocenters. The van der Waals surface area contributed by atoms with Gasteiger partial charge in [0.05, 0.1) is 40.9 Å². The molecule has 9 heteroatoms. The second kappa shape index (κ2) is 5.50. The topological polar surface area (TPSA) is 117 Å². The van der Waals surface area contributed by atoms with E-state index in [0.717, 1.165) is 6.42 Å². The first-order valence-corrected chi connectivity index (χ1v) is 10.1. The number of nitrogens with two attached hydrogens (primary N) is 1. The van der Waals surface area contributed by atoms with Crippen LogP contribution in [-0.2, 0) is 20.0 Å². The van der Waals surface area contributed by atoms with Crippen molar-refractivity contribution >= 4 is 26.8 Å². The zero-order valence-corrected chi connectivity index (χ0v) is 14.8. The average molecular weight is 364 g/mol. The number of rotatable bonds is 3. The van der Waals surface area contributed by atoms with E-state index in [-0.39, 0.29) is 17.5 Å². The monoisotopic (exact) mass is 364 g/mol. The number of fused-ring (bicyclic) bond motifs is 1. The van der Waals surface area contributed by atoms with E-state index < -0.39 is 21.2 Å². The van der Waals surface area contributed by atoms with Gasteiger partial charge in [-0.15, -0.1) is 0 Å². The predicted octanol–water partition coefficient (Wildman–Crippen LogP) is 0.568. The van der Waals surface area contributed by atoms with Crippen LogP contribution in [0.2, 0.25) is 0 Å². The Balaban J connectivity index is 1.92. The normalized spacial score (nSPS) is 28.6. The Bertz CT molecular complexity index is 962. The first-order valence-electron chi connectivity index (χ1n) is 8.26. The summed E-state index contributed by atoms with van der Waals surface area (Å²) in [5, 5.41) is 4.75. The van der Waals surface area contributed by atoms with Crippen molar-refractivity contribution in [1.82, 2.24) is 14.8 Å². The van der Waals surface area contributed by atoms with Gasteiger partial charge >= 0.3 is 0 Å². The summed E-state index contributed by atoms with van der Waals surface area (Å²) < 4.78 is 31.3. The molecule has 2 aromatic rings. The standard InChI is InChI=1S/C16H20N4O4S/c1-16(3-5-25(22,23)9-16)14-13-12(6-10(7-18-13)15(17)21)20(19-14)11-2-4-24-8-11/h6-7,11H,2-5,8-9H2,1H3,(H2,17,21)/t11-,16-/m1/s1. The van der Waals surface area contributed by atoms with Crippen molar-refractivity contribution in [3.63, 3.8) is 0 Å². The number of hydrogen-bond donors (Lipinski definition) is 1. The van der Waals surface area contributed by atoms with Gasteiger partial charge in [0.1, 0.15) is 5.52 Å². The summed E-state index contributed by atoms with van der Waals surface area (Å²) in [6, 6.07) is 1.73. The zero-order valence-electron chi connectivity index (χ0n) is 13.9. The van der Waals surface area contributed by atoms with Gasteiger partial charge in [0.2, 0.25) is 5.91 Å². The number of nitrogens with zero attached hydrogens (tertiary/aromatic N) is 3. The molecule has 0 bridgehead atoms. The second-order valence-corrected chi connectivity index (χ2v) is 9.35. The minimum Gasteiger partial charge on any atom is -0.379 e. The molecule has 2 saturated heterocycles. The fourth-order valence-corrected chi connectivity index (χ4v) is 5.91. The minimum absolute atomic E-state index is 0.0442. The Morgan fingerprint density at radius 3 is 2.88 bits per heavy atom. The van der Waals surface area contributed by atoms with Gasteiger partial charge in [0.15, 0.2) is 9.84 Å². The van der Waals surface area contributed by atoms with Crippen molar-refractivity contribution in [2.24, 2.45) is 5.73 Å². The number of carbonyl (C=O) groups is 1. The Labute approximate surface area is 145 Å². The Hall–Kier alpha value is -2.00. The number of aromatic nitrogens is 3. The van der Waals surface area contributed by atoms with Crippen molar-refractivity contribution in [3.05, 3.63) is 23.5 Å². The molecule has 2 aliphatic rings. The molecule has 2 N–H and O–H groups in total. The molecule has 2 fully saturated rings. The number of primary amides is 1. The summed E-state index contributed by atoms with van der Waals surface area (Å²) in [5.41, 5.74) is 7.12. The van der Waals surface area contributed by atoms with Gasteiger partial charge in [-0.1, -0.05) is 6.92 Å². The van der Waals surface area contributed by atoms with Gasteiger partial charge in [-0.2, -0.15) is 5.10 Å². The molecule has 4 rings (SSSR count). The van der Waals surface area contributed by atoms with Crippen molar-refractivity contribution in [2.75, 3.05) is 24.7 Å². The molecule has 0 aromatic carbocycles. The third kappa shape index (κ3) is 2.71. The number of pyridine rings is 1. The van der Waals surface area contributed by atoms with Gasteiger partial charge < -0.3 is 10.5 Å². The lowest BCUT2D eigenvalue weighted by atomic mass is 9.86. The molecule has 0 radical (unpaired) electrons. The summed E-state index contributed by atoms with van der Waals surface area (Å²) in [7, 11) is -3.08. The maximum absolute atomic E-state index is 12.0. The minimum atomic E-state index is -3.08. The lowest BCUT2D eigenvalue weighted by Crippen LogP contribution is -2.25. The zero-order chi connectivity index (χ0) is 17.8. The fraction of sp³-hybridized carbons (Fsp3) is 0.562. The van der Waals surface area contributed by atoms with Crippen LogP contribution in [0.15, 0.2) is 12.3 Å². The van der Waals surface area contributed by atoms with Gasteiger partial charge in [-0.25, -0.2) is 8.42 Å². The molecule has 2 atom stereocenters. The van der Waals surface area contributed by atoms with Crippen LogP contribution >= 0.6 is 0 Å². The van der Waals surface area contributed by atoms with Gasteiger partial charge in [-0.05, 0) is 18.9 Å². The van der Waals surface area contributed by atoms with Crippen molar-refractivity contribution in [3.8, 4) is 0 Å². The summed E-state index contributed by atoms with van der Waals surface area (Å²) in [6.45, 7) is 3.10. The molecule has 0 saturated carbocycles. The number of ether oxygens (including phenoxy) is 1. The van der Waals surface area contributed by atoms with E-state index in [2.05, 4.69) is 4.98 Å². The maximum Gasteiger partial charge on any atom is 0.250 e. The van der Waals surface area contributed by atoms with Gasteiger partial charge in [-0.3, -0.25) is 14.5 Å². The Kier molecular flexibility index (Phi) is 3.62. The molecule has 8 nitrogen and oxygen atoms in total. The number of carbonyl (C=O) groups excluding carboxylic acids is 1.